The van der Waals surface area contributed by atoms with Gasteiger partial charge in [0, 0.05) is 38.9 Å². The molecule has 1 N–H and O–H groups in total. The normalized spacial score (nSPS) is 19.5. The monoisotopic (exact) mass is 325 g/mol. The molecular weight excluding hydrogens is 298 g/mol. The van der Waals surface area contributed by atoms with E-state index in [1.165, 1.54) is 18.6 Å². The van der Waals surface area contributed by atoms with Gasteiger partial charge in [-0.15, -0.1) is 0 Å². The van der Waals surface area contributed by atoms with Crippen molar-refractivity contribution >= 4 is 17.7 Å². The van der Waals surface area contributed by atoms with Crippen molar-refractivity contribution in [2.75, 3.05) is 45.3 Å². The number of aliphatic imine (C=N–C) groups is 1. The third kappa shape index (κ3) is 4.91. The number of morpholine rings is 1. The van der Waals surface area contributed by atoms with Gasteiger partial charge in [0.05, 0.1) is 19.3 Å². The molecule has 1 aliphatic heterocycles. The second kappa shape index (κ2) is 9.05. The van der Waals surface area contributed by atoms with Gasteiger partial charge < -0.3 is 15.0 Å². The summed E-state index contributed by atoms with van der Waals surface area (Å²) in [6.07, 6.45) is 8.54. The lowest BCUT2D eigenvalue weighted by molar-refractivity contribution is -0.00801. The minimum atomic E-state index is 0.0671. The van der Waals surface area contributed by atoms with Crippen LogP contribution in [-0.4, -0.2) is 65.9 Å². The topological polar surface area (TPSA) is 54.7 Å². The number of unbranched alkanes of at least 4 members (excludes halogenated alkanes) is 1. The van der Waals surface area contributed by atoms with E-state index in [9.17, 15) is 0 Å². The number of rotatable bonds is 6. The molecule has 0 aromatic carbocycles. The van der Waals surface area contributed by atoms with Gasteiger partial charge in [-0.1, -0.05) is 0 Å². The van der Waals surface area contributed by atoms with Crippen LogP contribution in [0.3, 0.4) is 0 Å². The number of nitrogens with one attached hydrogen (secondary N) is 1. The van der Waals surface area contributed by atoms with Crippen LogP contribution >= 0.6 is 11.8 Å². The van der Waals surface area contributed by atoms with Crippen LogP contribution in [0.15, 0.2) is 17.4 Å². The number of hydrogen-bond donors (Lipinski definition) is 1. The van der Waals surface area contributed by atoms with Crippen molar-refractivity contribution in [3.05, 3.63) is 18.0 Å². The van der Waals surface area contributed by atoms with Gasteiger partial charge in [0.1, 0.15) is 6.10 Å². The van der Waals surface area contributed by atoms with Crippen LogP contribution in [0, 0.1) is 0 Å². The van der Waals surface area contributed by atoms with Crippen LogP contribution < -0.4 is 5.32 Å². The highest BCUT2D eigenvalue weighted by Gasteiger charge is 2.24. The summed E-state index contributed by atoms with van der Waals surface area (Å²) < 4.78 is 7.70. The highest BCUT2D eigenvalue weighted by atomic mass is 32.2. The van der Waals surface area contributed by atoms with E-state index in [1.54, 1.807) is 0 Å². The number of hydrogen-bond acceptors (Lipinski definition) is 4. The fourth-order valence-electron chi connectivity index (χ4n) is 2.55. The molecule has 124 valence electrons. The highest BCUT2D eigenvalue weighted by Crippen LogP contribution is 2.21. The first kappa shape index (κ1) is 17.1. The molecule has 1 unspecified atom stereocenters. The van der Waals surface area contributed by atoms with Crippen LogP contribution in [0.25, 0.3) is 0 Å². The summed E-state index contributed by atoms with van der Waals surface area (Å²) in [4.78, 5) is 6.69. The van der Waals surface area contributed by atoms with E-state index in [-0.39, 0.29) is 6.10 Å². The maximum Gasteiger partial charge on any atom is 0.193 e. The van der Waals surface area contributed by atoms with Crippen LogP contribution in [-0.2, 0) is 11.8 Å². The van der Waals surface area contributed by atoms with Crippen LogP contribution in [0.1, 0.15) is 24.5 Å². The predicted molar refractivity (Wildman–Crippen MR) is 92.5 cm³/mol. The molecule has 1 aromatic rings. The van der Waals surface area contributed by atoms with Gasteiger partial charge >= 0.3 is 0 Å². The Labute approximate surface area is 137 Å². The minimum Gasteiger partial charge on any atom is -0.370 e. The van der Waals surface area contributed by atoms with Gasteiger partial charge in [-0.25, -0.2) is 0 Å². The molecule has 1 aliphatic rings. The average Bonchev–Trinajstić information content (AvgIpc) is 2.98. The molecule has 2 heterocycles. The number of thioether (sulfide) groups is 1. The lowest BCUT2D eigenvalue weighted by Gasteiger charge is -2.34. The van der Waals surface area contributed by atoms with Crippen molar-refractivity contribution in [2.45, 2.75) is 18.9 Å². The maximum absolute atomic E-state index is 5.88. The number of aryl methyl sites for hydroxylation is 1. The van der Waals surface area contributed by atoms with Gasteiger partial charge in [-0.3, -0.25) is 9.67 Å². The first-order chi connectivity index (χ1) is 10.7. The van der Waals surface area contributed by atoms with E-state index in [4.69, 9.17) is 4.74 Å². The van der Waals surface area contributed by atoms with E-state index in [2.05, 4.69) is 26.6 Å². The van der Waals surface area contributed by atoms with Crippen molar-refractivity contribution in [1.29, 1.82) is 0 Å². The molecule has 1 saturated heterocycles. The summed E-state index contributed by atoms with van der Waals surface area (Å²) in [7, 11) is 3.78. The Morgan fingerprint density at radius 2 is 2.41 bits per heavy atom. The van der Waals surface area contributed by atoms with Crippen molar-refractivity contribution in [3.8, 4) is 0 Å². The Morgan fingerprint density at radius 3 is 3.09 bits per heavy atom. The molecule has 0 radical (unpaired) electrons. The standard InChI is InChI=1S/C15H27N5OS/c1-16-15(17-6-4-5-9-22-3)20-7-8-21-14(12-20)13-10-18-19(2)11-13/h10-11,14H,4-9,12H2,1-3H3,(H,16,17). The SMILES string of the molecule is CN=C(NCCCCSC)N1CCOC(c2cnn(C)c2)C1. The zero-order chi connectivity index (χ0) is 15.8. The van der Waals surface area contributed by atoms with Gasteiger partial charge in [0.15, 0.2) is 5.96 Å². The van der Waals surface area contributed by atoms with E-state index < -0.39 is 0 Å². The summed E-state index contributed by atoms with van der Waals surface area (Å²) >= 11 is 1.90. The summed E-state index contributed by atoms with van der Waals surface area (Å²) in [6.45, 7) is 3.38. The van der Waals surface area contributed by atoms with Crippen molar-refractivity contribution in [1.82, 2.24) is 20.0 Å². The molecule has 0 amide bonds. The predicted octanol–water partition coefficient (Wildman–Crippen LogP) is 1.51. The van der Waals surface area contributed by atoms with Crippen LogP contribution in [0.4, 0.5) is 0 Å². The molecule has 0 spiro atoms. The zero-order valence-corrected chi connectivity index (χ0v) is 14.6. The van der Waals surface area contributed by atoms with E-state index in [1.807, 2.05) is 42.9 Å². The summed E-state index contributed by atoms with van der Waals surface area (Å²) in [5.74, 6) is 2.20. The quantitative estimate of drug-likeness (QED) is 0.488. The molecule has 1 atom stereocenters. The summed E-state index contributed by atoms with van der Waals surface area (Å²) in [5.41, 5.74) is 1.13. The zero-order valence-electron chi connectivity index (χ0n) is 13.8. The molecule has 1 aromatic heterocycles. The first-order valence-corrected chi connectivity index (χ1v) is 9.18. The largest absolute Gasteiger partial charge is 0.370 e. The molecular formula is C15H27N5OS. The molecule has 0 aliphatic carbocycles. The average molecular weight is 325 g/mol. The van der Waals surface area contributed by atoms with Gasteiger partial charge in [0.2, 0.25) is 0 Å². The van der Waals surface area contributed by atoms with E-state index in [0.29, 0.717) is 6.61 Å². The van der Waals surface area contributed by atoms with E-state index >= 15 is 0 Å². The Hall–Kier alpha value is -1.21. The number of aromatic nitrogens is 2. The molecule has 22 heavy (non-hydrogen) atoms. The number of ether oxygens (including phenoxy) is 1. The minimum absolute atomic E-state index is 0.0671. The lowest BCUT2D eigenvalue weighted by atomic mass is 10.1. The molecule has 1 fully saturated rings. The van der Waals surface area contributed by atoms with Crippen molar-refractivity contribution in [2.24, 2.45) is 12.0 Å². The van der Waals surface area contributed by atoms with Gasteiger partial charge in [-0.05, 0) is 24.9 Å². The summed E-state index contributed by atoms with van der Waals surface area (Å²) in [5, 5.41) is 7.70. The van der Waals surface area contributed by atoms with E-state index in [0.717, 1.165) is 31.2 Å². The van der Waals surface area contributed by atoms with Crippen molar-refractivity contribution < 1.29 is 4.74 Å². The first-order valence-electron chi connectivity index (χ1n) is 7.79. The smallest absolute Gasteiger partial charge is 0.193 e. The molecule has 6 nitrogen and oxygen atoms in total. The van der Waals surface area contributed by atoms with Crippen LogP contribution in [0.2, 0.25) is 0 Å². The fourth-order valence-corrected chi connectivity index (χ4v) is 3.05. The van der Waals surface area contributed by atoms with Gasteiger partial charge in [-0.2, -0.15) is 16.9 Å². The Bertz CT molecular complexity index is 476. The highest BCUT2D eigenvalue weighted by molar-refractivity contribution is 7.98. The molecule has 7 heteroatoms. The van der Waals surface area contributed by atoms with Gasteiger partial charge in [0.25, 0.3) is 0 Å². The second-order valence-corrected chi connectivity index (χ2v) is 6.41. The fraction of sp³-hybridized carbons (Fsp3) is 0.733. The lowest BCUT2D eigenvalue weighted by Crippen LogP contribution is -2.48. The Balaban J connectivity index is 1.84. The molecule has 0 saturated carbocycles. The number of nitrogens with zero attached hydrogens (tertiary/aromatic N) is 4. The number of guanidine groups is 1. The maximum atomic E-state index is 5.88. The Morgan fingerprint density at radius 1 is 1.55 bits per heavy atom. The van der Waals surface area contributed by atoms with Crippen LogP contribution in [0.5, 0.6) is 0 Å². The van der Waals surface area contributed by atoms with Crippen molar-refractivity contribution in [3.63, 3.8) is 0 Å². The third-order valence-electron chi connectivity index (χ3n) is 3.73. The molecule has 2 rings (SSSR count). The summed E-state index contributed by atoms with van der Waals surface area (Å²) in [6, 6.07) is 0. The second-order valence-electron chi connectivity index (χ2n) is 5.43. The molecule has 0 bridgehead atoms. The Kier molecular flexibility index (Phi) is 7.05. The third-order valence-corrected chi connectivity index (χ3v) is 4.43.